The van der Waals surface area contributed by atoms with E-state index < -0.39 is 11.6 Å². The van der Waals surface area contributed by atoms with Gasteiger partial charge in [-0.3, -0.25) is 4.40 Å². The number of fused-ring (bicyclic) bond motifs is 1. The van der Waals surface area contributed by atoms with Crippen molar-refractivity contribution in [1.29, 1.82) is 0 Å². The molecule has 0 spiro atoms. The normalized spacial score (nSPS) is 11.0. The number of halogens is 2. The molecule has 0 bridgehead atoms. The quantitative estimate of drug-likeness (QED) is 0.802. The molecule has 0 saturated carbocycles. The van der Waals surface area contributed by atoms with E-state index in [2.05, 4.69) is 10.3 Å². The largest absolute Gasteiger partial charge is 0.434 e. The Hall–Kier alpha value is -2.47. The van der Waals surface area contributed by atoms with Crippen molar-refractivity contribution < 1.29 is 13.5 Å². The van der Waals surface area contributed by atoms with Crippen LogP contribution in [0.1, 0.15) is 5.69 Å². The fraction of sp³-hybridized carbons (Fsp3) is 0.133. The summed E-state index contributed by atoms with van der Waals surface area (Å²) in [7, 11) is 1.79. The molecular formula is C15H13F2N3O. The van der Waals surface area contributed by atoms with Crippen LogP contribution in [0.2, 0.25) is 0 Å². The third-order valence-electron chi connectivity index (χ3n) is 3.04. The van der Waals surface area contributed by atoms with Gasteiger partial charge in [-0.1, -0.05) is 6.07 Å². The van der Waals surface area contributed by atoms with Crippen LogP contribution in [0.5, 0.6) is 11.6 Å². The topological polar surface area (TPSA) is 38.6 Å². The number of imidazole rings is 1. The number of pyridine rings is 1. The highest BCUT2D eigenvalue weighted by atomic mass is 19.1. The maximum atomic E-state index is 13.7. The predicted molar refractivity (Wildman–Crippen MR) is 74.4 cm³/mol. The summed E-state index contributed by atoms with van der Waals surface area (Å²) in [6.45, 7) is 0.484. The SMILES string of the molecule is CNCc1c(Oc2cc(F)ccc2F)nc2ccccn12. The molecule has 2 heterocycles. The van der Waals surface area contributed by atoms with Crippen molar-refractivity contribution in [3.63, 3.8) is 0 Å². The van der Waals surface area contributed by atoms with E-state index in [9.17, 15) is 8.78 Å². The third-order valence-corrected chi connectivity index (χ3v) is 3.04. The maximum Gasteiger partial charge on any atom is 0.242 e. The van der Waals surface area contributed by atoms with Gasteiger partial charge in [0.05, 0.1) is 0 Å². The predicted octanol–water partition coefficient (Wildman–Crippen LogP) is 3.12. The molecule has 108 valence electrons. The van der Waals surface area contributed by atoms with Gasteiger partial charge in [0.2, 0.25) is 5.88 Å². The first-order valence-corrected chi connectivity index (χ1v) is 6.42. The summed E-state index contributed by atoms with van der Waals surface area (Å²) in [6.07, 6.45) is 1.84. The molecule has 0 saturated heterocycles. The molecule has 0 unspecified atom stereocenters. The first-order chi connectivity index (χ1) is 10.2. The van der Waals surface area contributed by atoms with Gasteiger partial charge in [-0.05, 0) is 31.3 Å². The highest BCUT2D eigenvalue weighted by Gasteiger charge is 2.15. The van der Waals surface area contributed by atoms with Gasteiger partial charge in [0.15, 0.2) is 11.6 Å². The van der Waals surface area contributed by atoms with Crippen LogP contribution in [0, 0.1) is 11.6 Å². The molecule has 6 heteroatoms. The number of nitrogens with one attached hydrogen (secondary N) is 1. The number of hydrogen-bond donors (Lipinski definition) is 1. The van der Waals surface area contributed by atoms with Crippen molar-refractivity contribution in [2.75, 3.05) is 7.05 Å². The Morgan fingerprint density at radius 1 is 1.24 bits per heavy atom. The van der Waals surface area contributed by atoms with Gasteiger partial charge < -0.3 is 10.1 Å². The lowest BCUT2D eigenvalue weighted by atomic mass is 10.3. The fourth-order valence-electron chi connectivity index (χ4n) is 2.09. The molecule has 3 rings (SSSR count). The Bertz CT molecular complexity index is 786. The fourth-order valence-corrected chi connectivity index (χ4v) is 2.09. The molecule has 0 aliphatic carbocycles. The molecule has 1 N–H and O–H groups in total. The first-order valence-electron chi connectivity index (χ1n) is 6.42. The van der Waals surface area contributed by atoms with Crippen LogP contribution in [0.3, 0.4) is 0 Å². The van der Waals surface area contributed by atoms with E-state index in [1.807, 2.05) is 28.8 Å². The van der Waals surface area contributed by atoms with Gasteiger partial charge >= 0.3 is 0 Å². The van der Waals surface area contributed by atoms with Crippen molar-refractivity contribution in [2.45, 2.75) is 6.54 Å². The number of hydrogen-bond acceptors (Lipinski definition) is 3. The summed E-state index contributed by atoms with van der Waals surface area (Å²) >= 11 is 0. The third kappa shape index (κ3) is 2.57. The van der Waals surface area contributed by atoms with Crippen molar-refractivity contribution in [3.8, 4) is 11.6 Å². The summed E-state index contributed by atoms with van der Waals surface area (Å²) in [5.74, 6) is -1.13. The second-order valence-corrected chi connectivity index (χ2v) is 4.50. The Morgan fingerprint density at radius 2 is 2.10 bits per heavy atom. The minimum atomic E-state index is -0.635. The second-order valence-electron chi connectivity index (χ2n) is 4.50. The molecule has 1 aromatic carbocycles. The zero-order chi connectivity index (χ0) is 14.8. The number of rotatable bonds is 4. The Morgan fingerprint density at radius 3 is 2.90 bits per heavy atom. The molecule has 3 aromatic rings. The number of nitrogens with zero attached hydrogens (tertiary/aromatic N) is 2. The van der Waals surface area contributed by atoms with Crippen LogP contribution in [0.4, 0.5) is 8.78 Å². The molecule has 0 amide bonds. The number of benzene rings is 1. The van der Waals surface area contributed by atoms with Crippen LogP contribution in [-0.4, -0.2) is 16.4 Å². The summed E-state index contributed by atoms with van der Waals surface area (Å²) in [4.78, 5) is 4.31. The van der Waals surface area contributed by atoms with Crippen LogP contribution in [-0.2, 0) is 6.54 Å². The molecule has 4 nitrogen and oxygen atoms in total. The zero-order valence-electron chi connectivity index (χ0n) is 11.3. The van der Waals surface area contributed by atoms with E-state index in [0.29, 0.717) is 12.2 Å². The summed E-state index contributed by atoms with van der Waals surface area (Å²) in [6, 6.07) is 8.59. The van der Waals surface area contributed by atoms with Crippen molar-refractivity contribution in [1.82, 2.24) is 14.7 Å². The molecule has 0 aliphatic heterocycles. The first kappa shape index (κ1) is 13.5. The number of aromatic nitrogens is 2. The summed E-state index contributed by atoms with van der Waals surface area (Å²) in [5.41, 5.74) is 1.41. The van der Waals surface area contributed by atoms with E-state index in [4.69, 9.17) is 4.74 Å². The molecule has 21 heavy (non-hydrogen) atoms. The Labute approximate surface area is 120 Å². The van der Waals surface area contributed by atoms with Gasteiger partial charge in [0, 0.05) is 18.8 Å². The summed E-state index contributed by atoms with van der Waals surface area (Å²) < 4.78 is 34.2. The molecule has 0 aliphatic rings. The highest BCUT2D eigenvalue weighted by Crippen LogP contribution is 2.28. The lowest BCUT2D eigenvalue weighted by molar-refractivity contribution is 0.418. The van der Waals surface area contributed by atoms with E-state index in [-0.39, 0.29) is 11.6 Å². The smallest absolute Gasteiger partial charge is 0.242 e. The maximum absolute atomic E-state index is 13.7. The monoisotopic (exact) mass is 289 g/mol. The van der Waals surface area contributed by atoms with Crippen molar-refractivity contribution in [2.24, 2.45) is 0 Å². The van der Waals surface area contributed by atoms with Crippen molar-refractivity contribution in [3.05, 3.63) is 59.9 Å². The van der Waals surface area contributed by atoms with Gasteiger partial charge in [-0.15, -0.1) is 0 Å². The van der Waals surface area contributed by atoms with Gasteiger partial charge in [-0.2, -0.15) is 4.98 Å². The van der Waals surface area contributed by atoms with Crippen LogP contribution >= 0.6 is 0 Å². The Balaban J connectivity index is 2.07. The Kier molecular flexibility index (Phi) is 3.53. The van der Waals surface area contributed by atoms with Crippen molar-refractivity contribution >= 4 is 5.65 Å². The van der Waals surface area contributed by atoms with E-state index in [1.165, 1.54) is 0 Å². The molecule has 0 fully saturated rings. The van der Waals surface area contributed by atoms with E-state index >= 15 is 0 Å². The number of ether oxygens (including phenoxy) is 1. The lowest BCUT2D eigenvalue weighted by Crippen LogP contribution is -2.08. The zero-order valence-corrected chi connectivity index (χ0v) is 11.3. The molecule has 2 aromatic heterocycles. The van der Waals surface area contributed by atoms with Crippen LogP contribution < -0.4 is 10.1 Å². The minimum absolute atomic E-state index is 0.184. The molecular weight excluding hydrogens is 276 g/mol. The molecule has 0 atom stereocenters. The second kappa shape index (κ2) is 5.49. The molecule has 0 radical (unpaired) electrons. The standard InChI is InChI=1S/C15H13F2N3O/c1-18-9-12-15(19-14-4-2-3-7-20(12)14)21-13-8-10(16)5-6-11(13)17/h2-8,18H,9H2,1H3. The van der Waals surface area contributed by atoms with Crippen LogP contribution in [0.15, 0.2) is 42.6 Å². The average molecular weight is 289 g/mol. The minimum Gasteiger partial charge on any atom is -0.434 e. The van der Waals surface area contributed by atoms with E-state index in [1.54, 1.807) is 7.05 Å². The average Bonchev–Trinajstić information content (AvgIpc) is 2.81. The van der Waals surface area contributed by atoms with Gasteiger partial charge in [0.25, 0.3) is 0 Å². The van der Waals surface area contributed by atoms with Crippen LogP contribution in [0.25, 0.3) is 5.65 Å². The highest BCUT2D eigenvalue weighted by molar-refractivity contribution is 5.46. The van der Waals surface area contributed by atoms with Gasteiger partial charge in [-0.25, -0.2) is 8.78 Å². The van der Waals surface area contributed by atoms with Gasteiger partial charge in [0.1, 0.15) is 17.2 Å². The summed E-state index contributed by atoms with van der Waals surface area (Å²) in [5, 5.41) is 3.01. The lowest BCUT2D eigenvalue weighted by Gasteiger charge is -2.07. The van der Waals surface area contributed by atoms with E-state index in [0.717, 1.165) is 23.9 Å².